The summed E-state index contributed by atoms with van der Waals surface area (Å²) < 4.78 is 10.5. The van der Waals surface area contributed by atoms with Crippen LogP contribution in [-0.2, 0) is 6.42 Å². The normalized spacial score (nSPS) is 14.0. The van der Waals surface area contributed by atoms with Crippen molar-refractivity contribution in [1.82, 2.24) is 0 Å². The van der Waals surface area contributed by atoms with Crippen LogP contribution in [0.25, 0.3) is 0 Å². The second-order valence-corrected chi connectivity index (χ2v) is 4.60. The van der Waals surface area contributed by atoms with E-state index in [9.17, 15) is 10.1 Å². The van der Waals surface area contributed by atoms with Crippen LogP contribution in [0.5, 0.6) is 11.5 Å². The van der Waals surface area contributed by atoms with Crippen LogP contribution >= 0.6 is 0 Å². The quantitative estimate of drug-likeness (QED) is 0.633. The zero-order valence-corrected chi connectivity index (χ0v) is 10.7. The predicted molar refractivity (Wildman–Crippen MR) is 72.4 cm³/mol. The van der Waals surface area contributed by atoms with Crippen LogP contribution in [0.1, 0.15) is 17.2 Å². The molecule has 5 heteroatoms. The summed E-state index contributed by atoms with van der Waals surface area (Å²) in [5.74, 6) is 1.34. The number of nitrogens with zero attached hydrogens (tertiary/aromatic N) is 1. The van der Waals surface area contributed by atoms with Crippen molar-refractivity contribution >= 4 is 0 Å². The molecule has 1 atom stereocenters. The third-order valence-corrected chi connectivity index (χ3v) is 3.30. The van der Waals surface area contributed by atoms with Crippen molar-refractivity contribution in [2.45, 2.75) is 12.5 Å². The molecule has 0 radical (unpaired) electrons. The van der Waals surface area contributed by atoms with E-state index in [0.717, 1.165) is 5.56 Å². The van der Waals surface area contributed by atoms with Gasteiger partial charge in [-0.3, -0.25) is 10.1 Å². The first-order valence-corrected chi connectivity index (χ1v) is 6.31. The molecule has 0 amide bonds. The van der Waals surface area contributed by atoms with E-state index in [0.29, 0.717) is 23.5 Å². The minimum Gasteiger partial charge on any atom is -0.454 e. The number of ether oxygens (including phenoxy) is 2. The van der Waals surface area contributed by atoms with E-state index < -0.39 is 6.04 Å². The Balaban J connectivity index is 1.86. The number of hydrogen-bond donors (Lipinski definition) is 0. The topological polar surface area (TPSA) is 61.6 Å². The lowest BCUT2D eigenvalue weighted by atomic mass is 9.99. The van der Waals surface area contributed by atoms with Gasteiger partial charge in [-0.2, -0.15) is 0 Å². The lowest BCUT2D eigenvalue weighted by Crippen LogP contribution is -2.13. The lowest BCUT2D eigenvalue weighted by molar-refractivity contribution is -0.528. The number of fused-ring (bicyclic) bond motifs is 1. The largest absolute Gasteiger partial charge is 0.454 e. The number of benzene rings is 2. The van der Waals surface area contributed by atoms with Crippen molar-refractivity contribution in [3.63, 3.8) is 0 Å². The molecule has 0 saturated heterocycles. The average Bonchev–Trinajstić information content (AvgIpc) is 2.93. The number of hydrogen-bond acceptors (Lipinski definition) is 4. The van der Waals surface area contributed by atoms with Crippen LogP contribution in [-0.4, -0.2) is 11.7 Å². The maximum Gasteiger partial charge on any atom is 0.242 e. The van der Waals surface area contributed by atoms with Crippen molar-refractivity contribution in [3.8, 4) is 11.5 Å². The first kappa shape index (κ1) is 12.5. The molecule has 1 heterocycles. The van der Waals surface area contributed by atoms with E-state index in [2.05, 4.69) is 0 Å². The molecule has 0 aromatic heterocycles. The molecule has 2 aromatic rings. The van der Waals surface area contributed by atoms with Gasteiger partial charge in [-0.1, -0.05) is 36.4 Å². The van der Waals surface area contributed by atoms with E-state index in [-0.39, 0.29) is 11.7 Å². The molecule has 3 rings (SSSR count). The van der Waals surface area contributed by atoms with Crippen LogP contribution < -0.4 is 9.47 Å². The van der Waals surface area contributed by atoms with E-state index in [1.807, 2.05) is 30.3 Å². The maximum atomic E-state index is 11.3. The Labute approximate surface area is 115 Å². The van der Waals surface area contributed by atoms with Gasteiger partial charge in [0.2, 0.25) is 12.8 Å². The molecule has 0 aliphatic carbocycles. The summed E-state index contributed by atoms with van der Waals surface area (Å²) in [6, 6.07) is 13.7. The van der Waals surface area contributed by atoms with E-state index >= 15 is 0 Å². The Kier molecular flexibility index (Phi) is 3.25. The molecule has 20 heavy (non-hydrogen) atoms. The Morgan fingerprint density at radius 3 is 2.60 bits per heavy atom. The molecule has 0 N–H and O–H groups in total. The van der Waals surface area contributed by atoms with Gasteiger partial charge in [-0.25, -0.2) is 0 Å². The standard InChI is InChI=1S/C15H13NO4/c17-16(18)13(12-4-2-1-3-5-12)8-11-6-7-14-15(9-11)20-10-19-14/h1-7,9,13H,8,10H2. The van der Waals surface area contributed by atoms with Crippen molar-refractivity contribution in [2.24, 2.45) is 0 Å². The van der Waals surface area contributed by atoms with Crippen LogP contribution in [0.4, 0.5) is 0 Å². The van der Waals surface area contributed by atoms with Gasteiger partial charge in [0, 0.05) is 16.9 Å². The SMILES string of the molecule is O=[N+]([O-])C(Cc1ccc2c(c1)OCO2)c1ccccc1. The van der Waals surface area contributed by atoms with Gasteiger partial charge < -0.3 is 9.47 Å². The molecule has 1 unspecified atom stereocenters. The van der Waals surface area contributed by atoms with Gasteiger partial charge in [0.05, 0.1) is 0 Å². The smallest absolute Gasteiger partial charge is 0.242 e. The molecule has 1 aliphatic rings. The first-order valence-electron chi connectivity index (χ1n) is 6.31. The number of rotatable bonds is 4. The summed E-state index contributed by atoms with van der Waals surface area (Å²) in [6.07, 6.45) is 0.327. The number of nitro groups is 1. The van der Waals surface area contributed by atoms with E-state index in [4.69, 9.17) is 9.47 Å². The predicted octanol–water partition coefficient (Wildman–Crippen LogP) is 2.98. The van der Waals surface area contributed by atoms with Crippen LogP contribution in [0, 0.1) is 10.1 Å². The van der Waals surface area contributed by atoms with Crippen molar-refractivity contribution in [1.29, 1.82) is 0 Å². The third kappa shape index (κ3) is 2.42. The maximum absolute atomic E-state index is 11.3. The molecule has 5 nitrogen and oxygen atoms in total. The Morgan fingerprint density at radius 1 is 1.10 bits per heavy atom. The van der Waals surface area contributed by atoms with E-state index in [1.54, 1.807) is 18.2 Å². The first-order chi connectivity index (χ1) is 9.74. The monoisotopic (exact) mass is 271 g/mol. The fourth-order valence-corrected chi connectivity index (χ4v) is 2.28. The second kappa shape index (κ2) is 5.21. The third-order valence-electron chi connectivity index (χ3n) is 3.30. The van der Waals surface area contributed by atoms with Crippen molar-refractivity contribution in [3.05, 3.63) is 69.8 Å². The molecular formula is C15H13NO4. The van der Waals surface area contributed by atoms with Crippen LogP contribution in [0.15, 0.2) is 48.5 Å². The van der Waals surface area contributed by atoms with Gasteiger partial charge in [0.15, 0.2) is 11.5 Å². The van der Waals surface area contributed by atoms with Crippen LogP contribution in [0.2, 0.25) is 0 Å². The summed E-state index contributed by atoms with van der Waals surface area (Å²) >= 11 is 0. The highest BCUT2D eigenvalue weighted by atomic mass is 16.7. The summed E-state index contributed by atoms with van der Waals surface area (Å²) in [5, 5.41) is 11.3. The summed E-state index contributed by atoms with van der Waals surface area (Å²) in [4.78, 5) is 11.0. The fourth-order valence-electron chi connectivity index (χ4n) is 2.28. The highest BCUT2D eigenvalue weighted by Gasteiger charge is 2.24. The molecular weight excluding hydrogens is 258 g/mol. The summed E-state index contributed by atoms with van der Waals surface area (Å²) in [5.41, 5.74) is 1.56. The molecule has 1 aliphatic heterocycles. The molecule has 0 fully saturated rings. The van der Waals surface area contributed by atoms with Crippen LogP contribution in [0.3, 0.4) is 0 Å². The minimum absolute atomic E-state index is 0.205. The minimum atomic E-state index is -0.753. The molecule has 0 saturated carbocycles. The fraction of sp³-hybridized carbons (Fsp3) is 0.200. The molecule has 2 aromatic carbocycles. The highest BCUT2D eigenvalue weighted by molar-refractivity contribution is 5.44. The Bertz CT molecular complexity index is 627. The summed E-state index contributed by atoms with van der Waals surface area (Å²) in [7, 11) is 0. The molecule has 0 bridgehead atoms. The zero-order valence-electron chi connectivity index (χ0n) is 10.7. The Morgan fingerprint density at radius 2 is 1.85 bits per heavy atom. The lowest BCUT2D eigenvalue weighted by Gasteiger charge is -2.10. The van der Waals surface area contributed by atoms with Gasteiger partial charge in [-0.05, 0) is 17.7 Å². The highest BCUT2D eigenvalue weighted by Crippen LogP contribution is 2.34. The van der Waals surface area contributed by atoms with Crippen molar-refractivity contribution < 1.29 is 14.4 Å². The van der Waals surface area contributed by atoms with Gasteiger partial charge >= 0.3 is 0 Å². The van der Waals surface area contributed by atoms with E-state index in [1.165, 1.54) is 0 Å². The zero-order chi connectivity index (χ0) is 13.9. The Hall–Kier alpha value is -2.56. The second-order valence-electron chi connectivity index (χ2n) is 4.60. The molecule has 0 spiro atoms. The van der Waals surface area contributed by atoms with Gasteiger partial charge in [-0.15, -0.1) is 0 Å². The van der Waals surface area contributed by atoms with Gasteiger partial charge in [0.1, 0.15) is 0 Å². The van der Waals surface area contributed by atoms with Gasteiger partial charge in [0.25, 0.3) is 0 Å². The summed E-state index contributed by atoms with van der Waals surface area (Å²) in [6.45, 7) is 0.205. The average molecular weight is 271 g/mol. The molecule has 102 valence electrons. The van der Waals surface area contributed by atoms with Crippen molar-refractivity contribution in [2.75, 3.05) is 6.79 Å².